The van der Waals surface area contributed by atoms with E-state index in [1.165, 1.54) is 11.3 Å². The molecule has 0 unspecified atom stereocenters. The summed E-state index contributed by atoms with van der Waals surface area (Å²) >= 11 is 1.48. The van der Waals surface area contributed by atoms with Crippen LogP contribution in [0.5, 0.6) is 5.75 Å². The minimum Gasteiger partial charge on any atom is -0.484 e. The molecular formula is C20H19N5O2S. The summed E-state index contributed by atoms with van der Waals surface area (Å²) in [5.41, 5.74) is 3.76. The molecule has 0 spiro atoms. The van der Waals surface area contributed by atoms with Gasteiger partial charge in [-0.15, -0.1) is 10.2 Å². The molecule has 7 nitrogen and oxygen atoms in total. The molecule has 0 radical (unpaired) electrons. The molecule has 0 bridgehead atoms. The molecule has 1 N–H and O–H groups in total. The van der Waals surface area contributed by atoms with Crippen molar-refractivity contribution < 1.29 is 9.53 Å². The summed E-state index contributed by atoms with van der Waals surface area (Å²) in [6.07, 6.45) is 0. The van der Waals surface area contributed by atoms with E-state index in [4.69, 9.17) is 4.74 Å². The van der Waals surface area contributed by atoms with E-state index in [9.17, 15) is 4.79 Å². The normalized spacial score (nSPS) is 11.0. The van der Waals surface area contributed by atoms with Crippen LogP contribution in [0.25, 0.3) is 15.5 Å². The highest BCUT2D eigenvalue weighted by Gasteiger charge is 2.12. The fraction of sp³-hybridized carbons (Fsp3) is 0.200. The van der Waals surface area contributed by atoms with E-state index in [0.29, 0.717) is 5.75 Å². The van der Waals surface area contributed by atoms with Gasteiger partial charge >= 0.3 is 0 Å². The van der Waals surface area contributed by atoms with E-state index in [-0.39, 0.29) is 12.5 Å². The second-order valence-electron chi connectivity index (χ2n) is 6.53. The molecule has 0 atom stereocenters. The van der Waals surface area contributed by atoms with Gasteiger partial charge in [0.05, 0.1) is 0 Å². The maximum absolute atomic E-state index is 12.2. The molecule has 0 aliphatic rings. The van der Waals surface area contributed by atoms with Crippen molar-refractivity contribution >= 4 is 27.9 Å². The van der Waals surface area contributed by atoms with Crippen LogP contribution in [0.4, 0.5) is 5.69 Å². The van der Waals surface area contributed by atoms with Crippen molar-refractivity contribution in [1.82, 2.24) is 19.8 Å². The number of aryl methyl sites for hydroxylation is 3. The number of hydrogen-bond acceptors (Lipinski definition) is 6. The van der Waals surface area contributed by atoms with Crippen LogP contribution in [0.3, 0.4) is 0 Å². The Balaban J connectivity index is 1.44. The molecule has 0 aliphatic heterocycles. The number of anilines is 1. The van der Waals surface area contributed by atoms with Crippen LogP contribution < -0.4 is 10.1 Å². The van der Waals surface area contributed by atoms with Crippen LogP contribution in [0, 0.1) is 20.8 Å². The number of fused-ring (bicyclic) bond motifs is 1. The average molecular weight is 393 g/mol. The monoisotopic (exact) mass is 393 g/mol. The predicted molar refractivity (Wildman–Crippen MR) is 109 cm³/mol. The number of hydrogen-bond donors (Lipinski definition) is 1. The Morgan fingerprint density at radius 1 is 1.14 bits per heavy atom. The first-order valence-electron chi connectivity index (χ1n) is 8.79. The van der Waals surface area contributed by atoms with Crippen molar-refractivity contribution in [2.75, 3.05) is 11.9 Å². The van der Waals surface area contributed by atoms with Gasteiger partial charge in [0.2, 0.25) is 4.96 Å². The molecule has 2 heterocycles. The highest BCUT2D eigenvalue weighted by molar-refractivity contribution is 7.19. The number of aromatic nitrogens is 4. The molecule has 2 aromatic carbocycles. The lowest BCUT2D eigenvalue weighted by molar-refractivity contribution is -0.118. The second kappa shape index (κ2) is 7.40. The van der Waals surface area contributed by atoms with Gasteiger partial charge in [-0.3, -0.25) is 4.79 Å². The fourth-order valence-electron chi connectivity index (χ4n) is 2.81. The molecule has 1 amide bonds. The zero-order chi connectivity index (χ0) is 19.7. The van der Waals surface area contributed by atoms with Gasteiger partial charge in [0.1, 0.15) is 10.8 Å². The number of nitrogens with one attached hydrogen (secondary N) is 1. The Bertz CT molecular complexity index is 1160. The molecule has 0 saturated heterocycles. The Labute approximate surface area is 166 Å². The molecule has 28 heavy (non-hydrogen) atoms. The largest absolute Gasteiger partial charge is 0.484 e. The number of ether oxygens (including phenoxy) is 1. The van der Waals surface area contributed by atoms with E-state index in [1.54, 1.807) is 4.52 Å². The maximum Gasteiger partial charge on any atom is 0.262 e. The van der Waals surface area contributed by atoms with Gasteiger partial charge in [-0.1, -0.05) is 23.5 Å². The smallest absolute Gasteiger partial charge is 0.262 e. The summed E-state index contributed by atoms with van der Waals surface area (Å²) in [6, 6.07) is 13.4. The Hall–Kier alpha value is -3.26. The van der Waals surface area contributed by atoms with E-state index in [0.717, 1.165) is 38.2 Å². The Morgan fingerprint density at radius 3 is 2.75 bits per heavy atom. The van der Waals surface area contributed by atoms with Gasteiger partial charge in [-0.2, -0.15) is 9.61 Å². The first-order valence-corrected chi connectivity index (χ1v) is 9.60. The van der Waals surface area contributed by atoms with E-state index >= 15 is 0 Å². The minimum atomic E-state index is -0.202. The first kappa shape index (κ1) is 18.1. The number of benzene rings is 2. The van der Waals surface area contributed by atoms with Gasteiger partial charge in [-0.05, 0) is 62.2 Å². The third-order valence-electron chi connectivity index (χ3n) is 4.25. The molecule has 0 saturated carbocycles. The Kier molecular flexibility index (Phi) is 4.79. The van der Waals surface area contributed by atoms with Crippen molar-refractivity contribution in [3.05, 3.63) is 59.4 Å². The van der Waals surface area contributed by atoms with Crippen LogP contribution in [0.15, 0.2) is 42.5 Å². The highest BCUT2D eigenvalue weighted by Crippen LogP contribution is 2.28. The average Bonchev–Trinajstić information content (AvgIpc) is 3.24. The molecule has 8 heteroatoms. The zero-order valence-electron chi connectivity index (χ0n) is 15.8. The third-order valence-corrected chi connectivity index (χ3v) is 5.20. The lowest BCUT2D eigenvalue weighted by atomic mass is 10.1. The molecule has 4 rings (SSSR count). The van der Waals surface area contributed by atoms with Crippen molar-refractivity contribution in [1.29, 1.82) is 0 Å². The summed E-state index contributed by atoms with van der Waals surface area (Å²) in [7, 11) is 0. The predicted octanol–water partition coefficient (Wildman–Crippen LogP) is 3.80. The van der Waals surface area contributed by atoms with Crippen molar-refractivity contribution in [2.45, 2.75) is 20.8 Å². The van der Waals surface area contributed by atoms with E-state index in [2.05, 4.69) is 20.6 Å². The van der Waals surface area contributed by atoms with Gasteiger partial charge < -0.3 is 10.1 Å². The topological polar surface area (TPSA) is 81.4 Å². The summed E-state index contributed by atoms with van der Waals surface area (Å²) in [5, 5.41) is 16.4. The number of carbonyl (C=O) groups is 1. The quantitative estimate of drug-likeness (QED) is 0.558. The zero-order valence-corrected chi connectivity index (χ0v) is 16.6. The third kappa shape index (κ3) is 3.72. The van der Waals surface area contributed by atoms with Crippen LogP contribution >= 0.6 is 11.3 Å². The van der Waals surface area contributed by atoms with E-state index in [1.807, 2.05) is 63.2 Å². The van der Waals surface area contributed by atoms with Crippen molar-refractivity contribution in [3.8, 4) is 16.3 Å². The molecular weight excluding hydrogens is 374 g/mol. The standard InChI is InChI=1S/C20H19N5O2S/c1-12-5-4-6-16(9-12)27-11-18(26)21-17-8-7-15(10-13(17)2)19-24-25-14(3)22-23-20(25)28-19/h4-10H,11H2,1-3H3,(H,21,26). The molecule has 142 valence electrons. The Morgan fingerprint density at radius 2 is 2.00 bits per heavy atom. The maximum atomic E-state index is 12.2. The van der Waals surface area contributed by atoms with Gasteiger partial charge in [0.15, 0.2) is 12.4 Å². The van der Waals surface area contributed by atoms with Crippen LogP contribution in [0.2, 0.25) is 0 Å². The molecule has 4 aromatic rings. The van der Waals surface area contributed by atoms with Gasteiger partial charge in [0, 0.05) is 11.3 Å². The summed E-state index contributed by atoms with van der Waals surface area (Å²) in [4.78, 5) is 13.0. The number of amides is 1. The van der Waals surface area contributed by atoms with Gasteiger partial charge in [0.25, 0.3) is 5.91 Å². The molecule has 0 fully saturated rings. The first-order chi connectivity index (χ1) is 13.5. The number of rotatable bonds is 5. The second-order valence-corrected chi connectivity index (χ2v) is 7.49. The number of nitrogens with zero attached hydrogens (tertiary/aromatic N) is 4. The SMILES string of the molecule is Cc1cccc(OCC(=O)Nc2ccc(-c3nn4c(C)nnc4s3)cc2C)c1. The number of carbonyl (C=O) groups excluding carboxylic acids is 1. The summed E-state index contributed by atoms with van der Waals surface area (Å²) < 4.78 is 7.28. The van der Waals surface area contributed by atoms with Crippen LogP contribution in [-0.4, -0.2) is 32.3 Å². The lowest BCUT2D eigenvalue weighted by Crippen LogP contribution is -2.20. The molecule has 2 aromatic heterocycles. The lowest BCUT2D eigenvalue weighted by Gasteiger charge is -2.11. The highest BCUT2D eigenvalue weighted by atomic mass is 32.1. The summed E-state index contributed by atoms with van der Waals surface area (Å²) in [6.45, 7) is 5.76. The molecule has 0 aliphatic carbocycles. The van der Waals surface area contributed by atoms with Crippen LogP contribution in [0.1, 0.15) is 17.0 Å². The fourth-order valence-corrected chi connectivity index (χ4v) is 3.69. The van der Waals surface area contributed by atoms with E-state index < -0.39 is 0 Å². The van der Waals surface area contributed by atoms with Crippen LogP contribution in [-0.2, 0) is 4.79 Å². The van der Waals surface area contributed by atoms with Gasteiger partial charge in [-0.25, -0.2) is 0 Å². The summed E-state index contributed by atoms with van der Waals surface area (Å²) in [5.74, 6) is 1.24. The van der Waals surface area contributed by atoms with Crippen molar-refractivity contribution in [3.63, 3.8) is 0 Å². The van der Waals surface area contributed by atoms with Crippen molar-refractivity contribution in [2.24, 2.45) is 0 Å². The minimum absolute atomic E-state index is 0.0411.